The molecule has 0 bridgehead atoms. The van der Waals surface area contributed by atoms with Gasteiger partial charge in [0.2, 0.25) is 0 Å². The number of nitrogens with zero attached hydrogens (tertiary/aromatic N) is 1. The first kappa shape index (κ1) is 11.1. The molecule has 2 nitrogen and oxygen atoms in total. The fourth-order valence-corrected chi connectivity index (χ4v) is 3.42. The molecule has 2 N–H and O–H groups in total. The Kier molecular flexibility index (Phi) is 3.76. The summed E-state index contributed by atoms with van der Waals surface area (Å²) in [5.41, 5.74) is 9.31. The van der Waals surface area contributed by atoms with Crippen molar-refractivity contribution in [3.63, 3.8) is 0 Å². The fraction of sp³-hybridized carbons (Fsp3) is 0.750. The van der Waals surface area contributed by atoms with Crippen molar-refractivity contribution in [1.29, 1.82) is 0 Å². The van der Waals surface area contributed by atoms with E-state index in [9.17, 15) is 0 Å². The minimum absolute atomic E-state index is 0.168. The van der Waals surface area contributed by atoms with E-state index in [0.29, 0.717) is 5.92 Å². The molecule has 0 amide bonds. The third-order valence-electron chi connectivity index (χ3n) is 3.75. The molecule has 1 saturated carbocycles. The Hall–Kier alpha value is -0.410. The number of aromatic nitrogens is 1. The Balaban J connectivity index is 2.07. The van der Waals surface area contributed by atoms with Crippen molar-refractivity contribution >= 4 is 11.3 Å². The van der Waals surface area contributed by atoms with Gasteiger partial charge in [-0.1, -0.05) is 32.6 Å². The standard InChI is InChI=1S/C12H20N2S/c1-2-9-5-3-4-6-10(9)12(13)11-7-15-8-14-11/h7-10,12H,2-6,13H2,1H3. The molecule has 3 unspecified atom stereocenters. The van der Waals surface area contributed by atoms with Crippen LogP contribution < -0.4 is 5.73 Å². The van der Waals surface area contributed by atoms with E-state index in [0.717, 1.165) is 11.6 Å². The van der Waals surface area contributed by atoms with E-state index in [1.807, 2.05) is 5.51 Å². The van der Waals surface area contributed by atoms with Crippen molar-refractivity contribution in [2.24, 2.45) is 17.6 Å². The molecule has 84 valence electrons. The Bertz CT molecular complexity index is 284. The Labute approximate surface area is 95.9 Å². The topological polar surface area (TPSA) is 38.9 Å². The van der Waals surface area contributed by atoms with E-state index >= 15 is 0 Å². The summed E-state index contributed by atoms with van der Waals surface area (Å²) in [7, 11) is 0. The van der Waals surface area contributed by atoms with Gasteiger partial charge >= 0.3 is 0 Å². The molecule has 0 aliphatic heterocycles. The van der Waals surface area contributed by atoms with Crippen LogP contribution in [0.4, 0.5) is 0 Å². The zero-order valence-electron chi connectivity index (χ0n) is 9.36. The predicted octanol–water partition coefficient (Wildman–Crippen LogP) is 3.36. The average Bonchev–Trinajstić information content (AvgIpc) is 2.81. The van der Waals surface area contributed by atoms with E-state index in [1.54, 1.807) is 11.3 Å². The molecular formula is C12H20N2S. The summed E-state index contributed by atoms with van der Waals surface area (Å²) in [6.07, 6.45) is 6.65. The summed E-state index contributed by atoms with van der Waals surface area (Å²) in [6, 6.07) is 0.168. The molecule has 3 heteroatoms. The van der Waals surface area contributed by atoms with Crippen LogP contribution in [0.25, 0.3) is 0 Å². The zero-order valence-corrected chi connectivity index (χ0v) is 10.2. The molecule has 1 aliphatic rings. The first-order valence-corrected chi connectivity index (χ1v) is 6.91. The lowest BCUT2D eigenvalue weighted by atomic mass is 9.73. The quantitative estimate of drug-likeness (QED) is 0.855. The van der Waals surface area contributed by atoms with Crippen molar-refractivity contribution in [2.75, 3.05) is 0 Å². The van der Waals surface area contributed by atoms with Crippen molar-refractivity contribution in [1.82, 2.24) is 4.98 Å². The summed E-state index contributed by atoms with van der Waals surface area (Å²) in [6.45, 7) is 2.29. The first-order chi connectivity index (χ1) is 7.33. The second-order valence-electron chi connectivity index (χ2n) is 4.56. The van der Waals surface area contributed by atoms with Gasteiger partial charge in [0.1, 0.15) is 0 Å². The van der Waals surface area contributed by atoms with Crippen molar-refractivity contribution < 1.29 is 0 Å². The van der Waals surface area contributed by atoms with Crippen LogP contribution in [0.5, 0.6) is 0 Å². The van der Waals surface area contributed by atoms with Crippen LogP contribution in [0.2, 0.25) is 0 Å². The fourth-order valence-electron chi connectivity index (χ4n) is 2.82. The number of rotatable bonds is 3. The van der Waals surface area contributed by atoms with E-state index in [1.165, 1.54) is 32.1 Å². The molecule has 1 aromatic rings. The van der Waals surface area contributed by atoms with Crippen molar-refractivity contribution in [3.05, 3.63) is 16.6 Å². The second-order valence-corrected chi connectivity index (χ2v) is 5.27. The highest BCUT2D eigenvalue weighted by atomic mass is 32.1. The smallest absolute Gasteiger partial charge is 0.0795 e. The van der Waals surface area contributed by atoms with Gasteiger partial charge in [-0.3, -0.25) is 0 Å². The Morgan fingerprint density at radius 3 is 3.00 bits per heavy atom. The SMILES string of the molecule is CCC1CCCCC1C(N)c1cscn1. The highest BCUT2D eigenvalue weighted by Crippen LogP contribution is 2.38. The zero-order chi connectivity index (χ0) is 10.7. The van der Waals surface area contributed by atoms with Crippen LogP contribution in [0.15, 0.2) is 10.9 Å². The predicted molar refractivity (Wildman–Crippen MR) is 64.8 cm³/mol. The van der Waals surface area contributed by atoms with Crippen LogP contribution in [0.3, 0.4) is 0 Å². The normalized spacial score (nSPS) is 28.9. The van der Waals surface area contributed by atoms with Gasteiger partial charge in [0.25, 0.3) is 0 Å². The van der Waals surface area contributed by atoms with Gasteiger partial charge in [0.05, 0.1) is 17.2 Å². The molecule has 1 heterocycles. The molecule has 1 aromatic heterocycles. The van der Waals surface area contributed by atoms with Crippen molar-refractivity contribution in [2.45, 2.75) is 45.1 Å². The van der Waals surface area contributed by atoms with E-state index < -0.39 is 0 Å². The Morgan fingerprint density at radius 2 is 2.33 bits per heavy atom. The minimum atomic E-state index is 0.168. The summed E-state index contributed by atoms with van der Waals surface area (Å²) in [5, 5.41) is 2.10. The van der Waals surface area contributed by atoms with Gasteiger partial charge < -0.3 is 5.73 Å². The lowest BCUT2D eigenvalue weighted by molar-refractivity contribution is 0.195. The highest BCUT2D eigenvalue weighted by Gasteiger charge is 2.30. The molecule has 3 atom stereocenters. The van der Waals surface area contributed by atoms with Crippen LogP contribution in [-0.2, 0) is 0 Å². The summed E-state index contributed by atoms with van der Waals surface area (Å²) < 4.78 is 0. The number of nitrogens with two attached hydrogens (primary N) is 1. The number of thiazole rings is 1. The molecule has 2 rings (SSSR count). The second kappa shape index (κ2) is 5.08. The maximum Gasteiger partial charge on any atom is 0.0795 e. The molecule has 1 fully saturated rings. The summed E-state index contributed by atoms with van der Waals surface area (Å²) >= 11 is 1.65. The average molecular weight is 224 g/mol. The van der Waals surface area contributed by atoms with Gasteiger partial charge in [0.15, 0.2) is 0 Å². The van der Waals surface area contributed by atoms with E-state index in [4.69, 9.17) is 5.73 Å². The number of hydrogen-bond donors (Lipinski definition) is 1. The monoisotopic (exact) mass is 224 g/mol. The maximum atomic E-state index is 6.32. The van der Waals surface area contributed by atoms with Gasteiger partial charge in [0, 0.05) is 5.38 Å². The first-order valence-electron chi connectivity index (χ1n) is 5.96. The van der Waals surface area contributed by atoms with Gasteiger partial charge in [-0.2, -0.15) is 0 Å². The Morgan fingerprint density at radius 1 is 1.53 bits per heavy atom. The van der Waals surface area contributed by atoms with Crippen molar-refractivity contribution in [3.8, 4) is 0 Å². The third-order valence-corrected chi connectivity index (χ3v) is 4.35. The van der Waals surface area contributed by atoms with Crippen LogP contribution in [-0.4, -0.2) is 4.98 Å². The molecular weight excluding hydrogens is 204 g/mol. The van der Waals surface area contributed by atoms with Crippen LogP contribution >= 0.6 is 11.3 Å². The van der Waals surface area contributed by atoms with E-state index in [2.05, 4.69) is 17.3 Å². The van der Waals surface area contributed by atoms with Crippen LogP contribution in [0, 0.1) is 11.8 Å². The molecule has 0 aromatic carbocycles. The lowest BCUT2D eigenvalue weighted by Crippen LogP contribution is -2.30. The molecule has 0 saturated heterocycles. The van der Waals surface area contributed by atoms with Gasteiger partial charge in [-0.05, 0) is 18.3 Å². The summed E-state index contributed by atoms with van der Waals surface area (Å²) in [5.74, 6) is 1.47. The van der Waals surface area contributed by atoms with Crippen LogP contribution in [0.1, 0.15) is 50.8 Å². The molecule has 0 radical (unpaired) electrons. The molecule has 0 spiro atoms. The highest BCUT2D eigenvalue weighted by molar-refractivity contribution is 7.07. The third kappa shape index (κ3) is 2.40. The van der Waals surface area contributed by atoms with Gasteiger partial charge in [-0.25, -0.2) is 4.98 Å². The summed E-state index contributed by atoms with van der Waals surface area (Å²) in [4.78, 5) is 4.35. The molecule has 1 aliphatic carbocycles. The number of hydrogen-bond acceptors (Lipinski definition) is 3. The molecule has 15 heavy (non-hydrogen) atoms. The minimum Gasteiger partial charge on any atom is -0.322 e. The lowest BCUT2D eigenvalue weighted by Gasteiger charge is -2.34. The van der Waals surface area contributed by atoms with E-state index in [-0.39, 0.29) is 6.04 Å². The van der Waals surface area contributed by atoms with Gasteiger partial charge in [-0.15, -0.1) is 11.3 Å². The maximum absolute atomic E-state index is 6.32. The largest absolute Gasteiger partial charge is 0.322 e.